The number of rotatable bonds is 4. The molecule has 0 aliphatic heterocycles. The average molecular weight is 283 g/mol. The van der Waals surface area contributed by atoms with Crippen molar-refractivity contribution in [2.45, 2.75) is 6.61 Å². The largest absolute Gasteiger partial charge is 0.506 e. The topological polar surface area (TPSA) is 84.6 Å². The van der Waals surface area contributed by atoms with Gasteiger partial charge in [-0.15, -0.1) is 0 Å². The van der Waals surface area contributed by atoms with E-state index in [2.05, 4.69) is 10.5 Å². The van der Waals surface area contributed by atoms with E-state index in [9.17, 15) is 9.90 Å². The fraction of sp³-hybridized carbons (Fsp3) is 0.167. The van der Waals surface area contributed by atoms with Crippen molar-refractivity contribution in [2.24, 2.45) is 0 Å². The van der Waals surface area contributed by atoms with E-state index in [1.807, 2.05) is 0 Å². The van der Waals surface area contributed by atoms with Gasteiger partial charge in [-0.3, -0.25) is 4.79 Å². The lowest BCUT2D eigenvalue weighted by Gasteiger charge is -2.04. The van der Waals surface area contributed by atoms with Crippen LogP contribution in [0.4, 0.5) is 5.69 Å². The Morgan fingerprint density at radius 2 is 2.32 bits per heavy atom. The van der Waals surface area contributed by atoms with Crippen molar-refractivity contribution in [3.63, 3.8) is 0 Å². The zero-order valence-corrected chi connectivity index (χ0v) is 10.8. The van der Waals surface area contributed by atoms with Crippen LogP contribution in [0.5, 0.6) is 5.75 Å². The summed E-state index contributed by atoms with van der Waals surface area (Å²) in [5.74, 6) is -0.112. The lowest BCUT2D eigenvalue weighted by atomic mass is 10.3. The van der Waals surface area contributed by atoms with Crippen molar-refractivity contribution in [2.75, 3.05) is 12.4 Å². The Bertz CT molecular complexity index is 597. The fourth-order valence-corrected chi connectivity index (χ4v) is 1.53. The van der Waals surface area contributed by atoms with E-state index in [4.69, 9.17) is 20.9 Å². The number of aromatic nitrogens is 1. The molecule has 0 saturated carbocycles. The molecule has 7 heteroatoms. The van der Waals surface area contributed by atoms with Crippen LogP contribution in [0.3, 0.4) is 0 Å². The highest BCUT2D eigenvalue weighted by Gasteiger charge is 2.13. The van der Waals surface area contributed by atoms with Gasteiger partial charge < -0.3 is 19.7 Å². The molecule has 0 atom stereocenters. The van der Waals surface area contributed by atoms with Crippen LogP contribution in [0.25, 0.3) is 0 Å². The minimum atomic E-state index is -0.451. The molecule has 2 N–H and O–H groups in total. The number of amides is 1. The summed E-state index contributed by atoms with van der Waals surface area (Å²) < 4.78 is 9.76. The lowest BCUT2D eigenvalue weighted by Crippen LogP contribution is -2.12. The average Bonchev–Trinajstić information content (AvgIpc) is 2.83. The number of hydrogen-bond acceptors (Lipinski definition) is 5. The zero-order valence-electron chi connectivity index (χ0n) is 10.0. The van der Waals surface area contributed by atoms with Crippen LogP contribution in [0.2, 0.25) is 5.02 Å². The third-order valence-corrected chi connectivity index (χ3v) is 2.60. The number of benzene rings is 1. The van der Waals surface area contributed by atoms with Gasteiger partial charge in [0.25, 0.3) is 5.91 Å². The monoisotopic (exact) mass is 282 g/mol. The number of ether oxygens (including phenoxy) is 1. The van der Waals surface area contributed by atoms with Gasteiger partial charge in [-0.2, -0.15) is 0 Å². The quantitative estimate of drug-likeness (QED) is 0.899. The number of phenols is 1. The standard InChI is InChI=1S/C12H11ClN2O4/c1-18-6-8-5-10(15-19-8)12(17)14-7-2-3-9(13)11(16)4-7/h2-5,16H,6H2,1H3,(H,14,17). The Morgan fingerprint density at radius 1 is 1.53 bits per heavy atom. The highest BCUT2D eigenvalue weighted by atomic mass is 35.5. The van der Waals surface area contributed by atoms with Gasteiger partial charge in [-0.05, 0) is 12.1 Å². The molecule has 1 aromatic heterocycles. The second-order valence-corrected chi connectivity index (χ2v) is 4.14. The molecule has 1 aromatic carbocycles. The molecule has 1 heterocycles. The maximum Gasteiger partial charge on any atom is 0.277 e. The Balaban J connectivity index is 2.09. The van der Waals surface area contributed by atoms with Gasteiger partial charge >= 0.3 is 0 Å². The van der Waals surface area contributed by atoms with E-state index in [0.717, 1.165) is 0 Å². The first-order chi connectivity index (χ1) is 9.10. The minimum absolute atomic E-state index is 0.111. The molecule has 0 fully saturated rings. The van der Waals surface area contributed by atoms with Crippen molar-refractivity contribution < 1.29 is 19.2 Å². The van der Waals surface area contributed by atoms with Crippen LogP contribution in [0.15, 0.2) is 28.8 Å². The Morgan fingerprint density at radius 3 is 3.00 bits per heavy atom. The molecule has 0 aliphatic carbocycles. The number of carbonyl (C=O) groups excluding carboxylic acids is 1. The second-order valence-electron chi connectivity index (χ2n) is 3.73. The summed E-state index contributed by atoms with van der Waals surface area (Å²) in [6.07, 6.45) is 0. The third-order valence-electron chi connectivity index (χ3n) is 2.28. The summed E-state index contributed by atoms with van der Waals surface area (Å²) in [4.78, 5) is 11.8. The van der Waals surface area contributed by atoms with Gasteiger partial charge in [-0.1, -0.05) is 16.8 Å². The van der Waals surface area contributed by atoms with E-state index in [-0.39, 0.29) is 23.1 Å². The normalized spacial score (nSPS) is 10.4. The molecule has 0 spiro atoms. The predicted octanol–water partition coefficient (Wildman–Crippen LogP) is 2.43. The summed E-state index contributed by atoms with van der Waals surface area (Å²) in [7, 11) is 1.51. The van der Waals surface area contributed by atoms with Crippen molar-refractivity contribution in [3.05, 3.63) is 40.7 Å². The molecule has 0 radical (unpaired) electrons. The molecule has 2 rings (SSSR count). The predicted molar refractivity (Wildman–Crippen MR) is 68.3 cm³/mol. The minimum Gasteiger partial charge on any atom is -0.506 e. The van der Waals surface area contributed by atoms with Crippen LogP contribution in [0, 0.1) is 0 Å². The van der Waals surface area contributed by atoms with Crippen molar-refractivity contribution in [1.82, 2.24) is 5.16 Å². The van der Waals surface area contributed by atoms with Gasteiger partial charge in [-0.25, -0.2) is 0 Å². The molecular formula is C12H11ClN2O4. The summed E-state index contributed by atoms with van der Waals surface area (Å²) >= 11 is 5.67. The summed E-state index contributed by atoms with van der Waals surface area (Å²) in [5.41, 5.74) is 0.532. The van der Waals surface area contributed by atoms with Crippen LogP contribution in [0.1, 0.15) is 16.2 Å². The van der Waals surface area contributed by atoms with Crippen LogP contribution >= 0.6 is 11.6 Å². The number of carbonyl (C=O) groups is 1. The van der Waals surface area contributed by atoms with Crippen LogP contribution < -0.4 is 5.32 Å². The highest BCUT2D eigenvalue weighted by molar-refractivity contribution is 6.32. The summed E-state index contributed by atoms with van der Waals surface area (Å²) in [6.45, 7) is 0.238. The first-order valence-electron chi connectivity index (χ1n) is 5.34. The number of hydrogen-bond donors (Lipinski definition) is 2. The zero-order chi connectivity index (χ0) is 13.8. The molecular weight excluding hydrogens is 272 g/mol. The Labute approximate surface area is 113 Å². The van der Waals surface area contributed by atoms with Crippen LogP contribution in [-0.2, 0) is 11.3 Å². The lowest BCUT2D eigenvalue weighted by molar-refractivity contribution is 0.101. The Kier molecular flexibility index (Phi) is 4.03. The van der Waals surface area contributed by atoms with E-state index in [1.54, 1.807) is 6.07 Å². The molecule has 0 unspecified atom stereocenters. The molecule has 0 aliphatic rings. The maximum absolute atomic E-state index is 11.8. The molecule has 19 heavy (non-hydrogen) atoms. The van der Waals surface area contributed by atoms with E-state index >= 15 is 0 Å². The number of aromatic hydroxyl groups is 1. The maximum atomic E-state index is 11.8. The van der Waals surface area contributed by atoms with Crippen molar-refractivity contribution in [1.29, 1.82) is 0 Å². The summed E-state index contributed by atoms with van der Waals surface area (Å²) in [6, 6.07) is 5.87. The molecule has 2 aromatic rings. The molecule has 1 amide bonds. The van der Waals surface area contributed by atoms with Gasteiger partial charge in [0, 0.05) is 24.9 Å². The fourth-order valence-electron chi connectivity index (χ4n) is 1.42. The number of phenolic OH excluding ortho intramolecular Hbond substituents is 1. The highest BCUT2D eigenvalue weighted by Crippen LogP contribution is 2.26. The first kappa shape index (κ1) is 13.4. The van der Waals surface area contributed by atoms with Crippen molar-refractivity contribution in [3.8, 4) is 5.75 Å². The first-order valence-corrected chi connectivity index (χ1v) is 5.72. The number of nitrogens with one attached hydrogen (secondary N) is 1. The molecule has 6 nitrogen and oxygen atoms in total. The van der Waals surface area contributed by atoms with Crippen molar-refractivity contribution >= 4 is 23.2 Å². The number of methoxy groups -OCH3 is 1. The summed E-state index contributed by atoms with van der Waals surface area (Å²) in [5, 5.41) is 15.8. The number of halogens is 1. The smallest absolute Gasteiger partial charge is 0.277 e. The van der Waals surface area contributed by atoms with E-state index in [0.29, 0.717) is 11.4 Å². The molecule has 100 valence electrons. The van der Waals surface area contributed by atoms with Gasteiger partial charge in [0.1, 0.15) is 12.4 Å². The SMILES string of the molecule is COCc1cc(C(=O)Nc2ccc(Cl)c(O)c2)no1. The Hall–Kier alpha value is -2.05. The van der Waals surface area contributed by atoms with E-state index < -0.39 is 5.91 Å². The number of nitrogens with zero attached hydrogens (tertiary/aromatic N) is 1. The van der Waals surface area contributed by atoms with Gasteiger partial charge in [0.05, 0.1) is 5.02 Å². The number of anilines is 1. The molecule has 0 bridgehead atoms. The van der Waals surface area contributed by atoms with Gasteiger partial charge in [0.2, 0.25) is 0 Å². The van der Waals surface area contributed by atoms with Gasteiger partial charge in [0.15, 0.2) is 11.5 Å². The molecule has 0 saturated heterocycles. The third kappa shape index (κ3) is 3.24. The van der Waals surface area contributed by atoms with E-state index in [1.165, 1.54) is 25.3 Å². The van der Waals surface area contributed by atoms with Crippen LogP contribution in [-0.4, -0.2) is 23.3 Å². The second kappa shape index (κ2) is 5.73.